The van der Waals surface area contributed by atoms with Crippen LogP contribution in [-0.4, -0.2) is 36.1 Å². The van der Waals surface area contributed by atoms with Crippen LogP contribution in [0.15, 0.2) is 47.8 Å². The van der Waals surface area contributed by atoms with Crippen LogP contribution in [-0.2, 0) is 17.9 Å². The molecule has 5 nitrogen and oxygen atoms in total. The molecule has 1 amide bonds. The lowest BCUT2D eigenvalue weighted by molar-refractivity contribution is 0.0677. The molecule has 0 atom stereocenters. The van der Waals surface area contributed by atoms with Crippen molar-refractivity contribution in [3.05, 3.63) is 80.8 Å². The Kier molecular flexibility index (Phi) is 7.60. The Morgan fingerprint density at radius 1 is 1.07 bits per heavy atom. The van der Waals surface area contributed by atoms with E-state index < -0.39 is 0 Å². The summed E-state index contributed by atoms with van der Waals surface area (Å²) in [6, 6.07) is 13.7. The van der Waals surface area contributed by atoms with Gasteiger partial charge in [0.2, 0.25) is 0 Å². The molecule has 0 aliphatic carbocycles. The van der Waals surface area contributed by atoms with Gasteiger partial charge in [0.25, 0.3) is 5.91 Å². The first-order valence-corrected chi connectivity index (χ1v) is 10.8. The fourth-order valence-electron chi connectivity index (χ4n) is 3.14. The second-order valence-corrected chi connectivity index (χ2v) is 8.20. The maximum Gasteiger partial charge on any atom is 0.254 e. The molecule has 1 aromatic heterocycles. The van der Waals surface area contributed by atoms with E-state index in [1.807, 2.05) is 48.7 Å². The van der Waals surface area contributed by atoms with Crippen LogP contribution in [0.4, 0.5) is 0 Å². The van der Waals surface area contributed by atoms with Crippen LogP contribution in [0.25, 0.3) is 0 Å². The van der Waals surface area contributed by atoms with Gasteiger partial charge in [-0.1, -0.05) is 30.3 Å². The number of carbonyl (C=O) groups excluding carboxylic acids is 1. The van der Waals surface area contributed by atoms with Crippen molar-refractivity contribution in [1.82, 2.24) is 9.88 Å². The third-order valence-corrected chi connectivity index (χ3v) is 5.96. The van der Waals surface area contributed by atoms with Crippen molar-refractivity contribution in [3.63, 3.8) is 0 Å². The highest BCUT2D eigenvalue weighted by molar-refractivity contribution is 7.09. The van der Waals surface area contributed by atoms with Gasteiger partial charge in [-0.15, -0.1) is 11.3 Å². The van der Waals surface area contributed by atoms with Gasteiger partial charge < -0.3 is 14.4 Å². The van der Waals surface area contributed by atoms with Crippen LogP contribution in [0, 0.1) is 20.8 Å². The Labute approximate surface area is 182 Å². The number of ether oxygens (including phenoxy) is 2. The third kappa shape index (κ3) is 5.46. The predicted octanol–water partition coefficient (Wildman–Crippen LogP) is 4.94. The van der Waals surface area contributed by atoms with Crippen LogP contribution in [0.3, 0.4) is 0 Å². The zero-order valence-electron chi connectivity index (χ0n) is 18.0. The summed E-state index contributed by atoms with van der Waals surface area (Å²) in [6.07, 6.45) is 0. The number of carbonyl (C=O) groups is 1. The molecule has 30 heavy (non-hydrogen) atoms. The molecule has 3 rings (SSSR count). The molecule has 6 heteroatoms. The van der Waals surface area contributed by atoms with E-state index in [4.69, 9.17) is 9.47 Å². The van der Waals surface area contributed by atoms with Crippen LogP contribution >= 0.6 is 11.3 Å². The zero-order valence-corrected chi connectivity index (χ0v) is 18.8. The van der Waals surface area contributed by atoms with Crippen molar-refractivity contribution in [3.8, 4) is 5.75 Å². The Morgan fingerprint density at radius 2 is 1.83 bits per heavy atom. The molecule has 0 fully saturated rings. The number of aryl methyl sites for hydroxylation is 2. The molecule has 3 aromatic rings. The first-order valence-electron chi connectivity index (χ1n) is 9.95. The monoisotopic (exact) mass is 424 g/mol. The van der Waals surface area contributed by atoms with E-state index in [0.717, 1.165) is 27.6 Å². The minimum absolute atomic E-state index is 0.00802. The van der Waals surface area contributed by atoms with E-state index in [1.54, 1.807) is 23.3 Å². The second-order valence-electron chi connectivity index (χ2n) is 7.25. The van der Waals surface area contributed by atoms with Crippen molar-refractivity contribution in [2.75, 3.05) is 20.3 Å². The van der Waals surface area contributed by atoms with E-state index in [2.05, 4.69) is 24.9 Å². The minimum Gasteiger partial charge on any atom is -0.486 e. The average molecular weight is 425 g/mol. The van der Waals surface area contributed by atoms with Crippen molar-refractivity contribution in [1.29, 1.82) is 0 Å². The maximum absolute atomic E-state index is 13.1. The highest BCUT2D eigenvalue weighted by Crippen LogP contribution is 2.23. The lowest BCUT2D eigenvalue weighted by Crippen LogP contribution is -2.34. The van der Waals surface area contributed by atoms with Crippen LogP contribution in [0.5, 0.6) is 5.75 Å². The lowest BCUT2D eigenvalue weighted by Gasteiger charge is -2.22. The number of nitrogens with zero attached hydrogens (tertiary/aromatic N) is 2. The summed E-state index contributed by atoms with van der Waals surface area (Å²) in [5, 5.41) is 2.88. The fraction of sp³-hybridized carbons (Fsp3) is 0.333. The molecule has 1 heterocycles. The minimum atomic E-state index is -0.00802. The summed E-state index contributed by atoms with van der Waals surface area (Å²) < 4.78 is 11.2. The molecule has 158 valence electrons. The second kappa shape index (κ2) is 10.4. The predicted molar refractivity (Wildman–Crippen MR) is 120 cm³/mol. The Hall–Kier alpha value is -2.70. The molecule has 0 radical (unpaired) electrons. The molecule has 2 aromatic carbocycles. The quantitative estimate of drug-likeness (QED) is 0.488. The molecule has 0 saturated heterocycles. The van der Waals surface area contributed by atoms with Gasteiger partial charge in [-0.25, -0.2) is 4.98 Å². The van der Waals surface area contributed by atoms with Crippen molar-refractivity contribution in [2.45, 2.75) is 33.9 Å². The zero-order chi connectivity index (χ0) is 21.5. The van der Waals surface area contributed by atoms with E-state index in [0.29, 0.717) is 31.9 Å². The highest BCUT2D eigenvalue weighted by atomic mass is 32.1. The smallest absolute Gasteiger partial charge is 0.254 e. The van der Waals surface area contributed by atoms with E-state index >= 15 is 0 Å². The Morgan fingerprint density at radius 3 is 2.60 bits per heavy atom. The number of methoxy groups -OCH3 is 1. The lowest BCUT2D eigenvalue weighted by atomic mass is 10.1. The van der Waals surface area contributed by atoms with Crippen molar-refractivity contribution >= 4 is 17.2 Å². The molecule has 0 N–H and O–H groups in total. The van der Waals surface area contributed by atoms with Gasteiger partial charge in [-0.2, -0.15) is 0 Å². The van der Waals surface area contributed by atoms with Gasteiger partial charge in [0, 0.05) is 24.6 Å². The number of hydrogen-bond donors (Lipinski definition) is 0. The van der Waals surface area contributed by atoms with Gasteiger partial charge in [0.1, 0.15) is 17.4 Å². The highest BCUT2D eigenvalue weighted by Gasteiger charge is 2.19. The topological polar surface area (TPSA) is 51.7 Å². The molecule has 0 spiro atoms. The molecule has 0 aliphatic rings. The number of aromatic nitrogens is 1. The summed E-state index contributed by atoms with van der Waals surface area (Å²) in [7, 11) is 1.64. The Bertz CT molecular complexity index is 1000. The fourth-order valence-corrected chi connectivity index (χ4v) is 3.84. The largest absolute Gasteiger partial charge is 0.486 e. The van der Waals surface area contributed by atoms with Crippen LogP contribution < -0.4 is 4.74 Å². The van der Waals surface area contributed by atoms with Gasteiger partial charge >= 0.3 is 0 Å². The normalized spacial score (nSPS) is 10.8. The third-order valence-electron chi connectivity index (χ3n) is 5.09. The van der Waals surface area contributed by atoms with E-state index in [-0.39, 0.29) is 5.91 Å². The summed E-state index contributed by atoms with van der Waals surface area (Å²) in [5.41, 5.74) is 4.88. The van der Waals surface area contributed by atoms with Gasteiger partial charge in [0.15, 0.2) is 0 Å². The van der Waals surface area contributed by atoms with Gasteiger partial charge in [-0.05, 0) is 49.6 Å². The summed E-state index contributed by atoms with van der Waals surface area (Å²) >= 11 is 1.55. The Balaban J connectivity index is 1.68. The standard InChI is InChI=1S/C24H28N2O3S/c1-17-9-7-11-22(19(17)3)29-15-23-25-20(16-30-23)14-26(12-13-28-4)24(27)21-10-6-5-8-18(21)2/h5-11,16H,12-15H2,1-4H3. The van der Waals surface area contributed by atoms with E-state index in [1.165, 1.54) is 5.56 Å². The SMILES string of the molecule is COCCN(Cc1csc(COc2cccc(C)c2C)n1)C(=O)c1ccccc1C. The molecule has 0 unspecified atom stereocenters. The first kappa shape index (κ1) is 22.0. The number of rotatable bonds is 9. The maximum atomic E-state index is 13.1. The van der Waals surface area contributed by atoms with Crippen LogP contribution in [0.1, 0.15) is 37.7 Å². The summed E-state index contributed by atoms with van der Waals surface area (Å²) in [4.78, 5) is 19.6. The molecule has 0 bridgehead atoms. The van der Waals surface area contributed by atoms with Crippen molar-refractivity contribution in [2.24, 2.45) is 0 Å². The van der Waals surface area contributed by atoms with Crippen molar-refractivity contribution < 1.29 is 14.3 Å². The number of amides is 1. The molecular weight excluding hydrogens is 396 g/mol. The average Bonchev–Trinajstić information content (AvgIpc) is 3.19. The first-order chi connectivity index (χ1) is 14.5. The molecular formula is C24H28N2O3S. The number of thiazole rings is 1. The molecule has 0 saturated carbocycles. The number of benzene rings is 2. The van der Waals surface area contributed by atoms with Crippen LogP contribution in [0.2, 0.25) is 0 Å². The summed E-state index contributed by atoms with van der Waals surface area (Å²) in [6.45, 7) is 7.93. The summed E-state index contributed by atoms with van der Waals surface area (Å²) in [5.74, 6) is 0.870. The number of hydrogen-bond acceptors (Lipinski definition) is 5. The van der Waals surface area contributed by atoms with Gasteiger partial charge in [-0.3, -0.25) is 4.79 Å². The van der Waals surface area contributed by atoms with Gasteiger partial charge in [0.05, 0.1) is 18.8 Å². The van der Waals surface area contributed by atoms with E-state index in [9.17, 15) is 4.79 Å². The molecule has 0 aliphatic heterocycles.